The number of benzene rings is 2. The Labute approximate surface area is 173 Å². The summed E-state index contributed by atoms with van der Waals surface area (Å²) in [4.78, 5) is 29.6. The number of phenols is 1. The van der Waals surface area contributed by atoms with Gasteiger partial charge in [-0.05, 0) is 55.8 Å². The van der Waals surface area contributed by atoms with Crippen LogP contribution in [-0.4, -0.2) is 20.3 Å². The van der Waals surface area contributed by atoms with Gasteiger partial charge in [0.2, 0.25) is 5.88 Å². The first-order chi connectivity index (χ1) is 14.4. The molecule has 2 aromatic carbocycles. The van der Waals surface area contributed by atoms with E-state index in [1.54, 1.807) is 53.8 Å². The van der Waals surface area contributed by atoms with Crippen molar-refractivity contribution in [2.75, 3.05) is 0 Å². The number of carbonyl (C=O) groups is 1. The molecule has 0 aliphatic rings. The van der Waals surface area contributed by atoms with Crippen molar-refractivity contribution < 1.29 is 14.6 Å². The molecule has 0 aliphatic carbocycles. The summed E-state index contributed by atoms with van der Waals surface area (Å²) >= 11 is 0. The molecule has 0 atom stereocenters. The number of rotatable bonds is 5. The molecule has 2 aromatic heterocycles. The average Bonchev–Trinajstić information content (AvgIpc) is 2.75. The third kappa shape index (κ3) is 3.67. The molecule has 0 fully saturated rings. The molecule has 0 bridgehead atoms. The molecule has 0 unspecified atom stereocenters. The minimum atomic E-state index is -0.150. The topological polar surface area (TPSA) is 80.9 Å². The number of phenolic OH excluding ortho intramolecular Hbond substituents is 1. The molecule has 2 heterocycles. The quantitative estimate of drug-likeness (QED) is 0.515. The second kappa shape index (κ2) is 7.83. The van der Waals surface area contributed by atoms with Crippen molar-refractivity contribution in [1.29, 1.82) is 0 Å². The highest BCUT2D eigenvalue weighted by molar-refractivity contribution is 6.09. The van der Waals surface area contributed by atoms with Crippen LogP contribution in [0.3, 0.4) is 0 Å². The monoisotopic (exact) mass is 400 g/mol. The van der Waals surface area contributed by atoms with E-state index in [2.05, 4.69) is 4.98 Å². The Morgan fingerprint density at radius 3 is 2.27 bits per heavy atom. The zero-order valence-electron chi connectivity index (χ0n) is 16.6. The summed E-state index contributed by atoms with van der Waals surface area (Å²) in [5.74, 6) is 0.291. The summed E-state index contributed by atoms with van der Waals surface area (Å²) in [5, 5.41) is 9.36. The second-order valence-electron chi connectivity index (χ2n) is 7.07. The van der Waals surface area contributed by atoms with Crippen LogP contribution >= 0.6 is 0 Å². The number of nitrogens with zero attached hydrogens (tertiary/aromatic N) is 2. The van der Waals surface area contributed by atoms with Gasteiger partial charge in [0, 0.05) is 16.8 Å². The Morgan fingerprint density at radius 2 is 1.60 bits per heavy atom. The van der Waals surface area contributed by atoms with Crippen LogP contribution in [0, 0.1) is 13.8 Å². The van der Waals surface area contributed by atoms with Crippen molar-refractivity contribution in [3.05, 3.63) is 105 Å². The Morgan fingerprint density at radius 1 is 0.967 bits per heavy atom. The lowest BCUT2D eigenvalue weighted by atomic mass is 10.0. The lowest BCUT2D eigenvalue weighted by molar-refractivity contribution is 0.103. The minimum absolute atomic E-state index is 0.117. The lowest BCUT2D eigenvalue weighted by Gasteiger charge is -2.11. The van der Waals surface area contributed by atoms with Crippen LogP contribution in [-0.2, 0) is 6.61 Å². The first-order valence-corrected chi connectivity index (χ1v) is 9.48. The maximum Gasteiger partial charge on any atom is 0.264 e. The van der Waals surface area contributed by atoms with Gasteiger partial charge in [-0.2, -0.15) is 4.98 Å². The number of hydrogen-bond donors (Lipinski definition) is 1. The third-order valence-electron chi connectivity index (χ3n) is 4.95. The Bertz CT molecular complexity index is 1290. The first-order valence-electron chi connectivity index (χ1n) is 9.48. The van der Waals surface area contributed by atoms with Crippen molar-refractivity contribution in [1.82, 2.24) is 9.38 Å². The second-order valence-corrected chi connectivity index (χ2v) is 7.07. The SMILES string of the molecule is Cc1c(OCc2ccc(C(=O)c3ccc(O)cc3)cc2)nc2cccc(C)n2c1=O. The summed E-state index contributed by atoms with van der Waals surface area (Å²) in [6.07, 6.45) is 0. The normalized spacial score (nSPS) is 10.9. The van der Waals surface area contributed by atoms with Crippen LogP contribution in [0.1, 0.15) is 32.7 Å². The zero-order valence-corrected chi connectivity index (χ0v) is 16.6. The molecule has 6 heteroatoms. The van der Waals surface area contributed by atoms with Crippen molar-refractivity contribution in [2.24, 2.45) is 0 Å². The van der Waals surface area contributed by atoms with E-state index in [1.165, 1.54) is 12.1 Å². The van der Waals surface area contributed by atoms with Crippen LogP contribution < -0.4 is 10.3 Å². The number of carbonyl (C=O) groups excluding carboxylic acids is 1. The minimum Gasteiger partial charge on any atom is -0.508 e. The van der Waals surface area contributed by atoms with E-state index in [-0.39, 0.29) is 23.7 Å². The molecular formula is C24H20N2O4. The fourth-order valence-electron chi connectivity index (χ4n) is 3.23. The molecule has 0 spiro atoms. The van der Waals surface area contributed by atoms with Gasteiger partial charge in [0.25, 0.3) is 5.56 Å². The Kier molecular flexibility index (Phi) is 5.06. The molecule has 30 heavy (non-hydrogen) atoms. The summed E-state index contributed by atoms with van der Waals surface area (Å²) in [6, 6.07) is 18.7. The number of aromatic nitrogens is 2. The highest BCUT2D eigenvalue weighted by Crippen LogP contribution is 2.17. The van der Waals surface area contributed by atoms with Crippen LogP contribution in [0.2, 0.25) is 0 Å². The average molecular weight is 400 g/mol. The molecule has 4 rings (SSSR count). The van der Waals surface area contributed by atoms with Gasteiger partial charge < -0.3 is 9.84 Å². The predicted molar refractivity (Wildman–Crippen MR) is 113 cm³/mol. The maximum absolute atomic E-state index is 12.6. The standard InChI is InChI=1S/C24H20N2O4/c1-15-4-3-5-21-25-23(16(2)24(29)26(15)21)30-14-17-6-8-18(9-7-17)22(28)19-10-12-20(27)13-11-19/h3-13,27H,14H2,1-2H3. The first kappa shape index (κ1) is 19.4. The summed E-state index contributed by atoms with van der Waals surface area (Å²) < 4.78 is 7.37. The van der Waals surface area contributed by atoms with Crippen LogP contribution in [0.25, 0.3) is 5.65 Å². The largest absolute Gasteiger partial charge is 0.508 e. The highest BCUT2D eigenvalue weighted by Gasteiger charge is 2.12. The van der Waals surface area contributed by atoms with Gasteiger partial charge >= 0.3 is 0 Å². The number of fused-ring (bicyclic) bond motifs is 1. The molecule has 0 aliphatic heterocycles. The van der Waals surface area contributed by atoms with Gasteiger partial charge in [-0.25, -0.2) is 0 Å². The van der Waals surface area contributed by atoms with Crippen molar-refractivity contribution in [2.45, 2.75) is 20.5 Å². The Balaban J connectivity index is 1.52. The van der Waals surface area contributed by atoms with Gasteiger partial charge in [-0.3, -0.25) is 14.0 Å². The zero-order chi connectivity index (χ0) is 21.3. The molecular weight excluding hydrogens is 380 g/mol. The fraction of sp³-hybridized carbons (Fsp3) is 0.125. The van der Waals surface area contributed by atoms with E-state index < -0.39 is 0 Å². The molecule has 0 radical (unpaired) electrons. The molecule has 6 nitrogen and oxygen atoms in total. The smallest absolute Gasteiger partial charge is 0.264 e. The lowest BCUT2D eigenvalue weighted by Crippen LogP contribution is -2.21. The van der Waals surface area contributed by atoms with Gasteiger partial charge in [0.05, 0.1) is 5.56 Å². The number of pyridine rings is 1. The van der Waals surface area contributed by atoms with Crippen LogP contribution in [0.15, 0.2) is 71.5 Å². The third-order valence-corrected chi connectivity index (χ3v) is 4.95. The summed E-state index contributed by atoms with van der Waals surface area (Å²) in [6.45, 7) is 3.78. The van der Waals surface area contributed by atoms with E-state index in [0.717, 1.165) is 11.3 Å². The number of ether oxygens (including phenoxy) is 1. The molecule has 150 valence electrons. The van der Waals surface area contributed by atoms with Crippen LogP contribution in [0.4, 0.5) is 0 Å². The summed E-state index contributed by atoms with van der Waals surface area (Å²) in [5.41, 5.74) is 3.54. The summed E-state index contributed by atoms with van der Waals surface area (Å²) in [7, 11) is 0. The van der Waals surface area contributed by atoms with Crippen molar-refractivity contribution >= 4 is 11.4 Å². The number of aromatic hydroxyl groups is 1. The number of ketones is 1. The number of aryl methyl sites for hydroxylation is 1. The molecule has 0 amide bonds. The van der Waals surface area contributed by atoms with E-state index in [4.69, 9.17) is 4.74 Å². The van der Waals surface area contributed by atoms with Gasteiger partial charge in [0.15, 0.2) is 5.78 Å². The van der Waals surface area contributed by atoms with E-state index in [1.807, 2.05) is 19.1 Å². The maximum atomic E-state index is 12.6. The van der Waals surface area contributed by atoms with Gasteiger partial charge in [0.1, 0.15) is 18.0 Å². The van der Waals surface area contributed by atoms with E-state index in [0.29, 0.717) is 28.2 Å². The van der Waals surface area contributed by atoms with Crippen LogP contribution in [0.5, 0.6) is 11.6 Å². The molecule has 0 saturated carbocycles. The number of hydrogen-bond acceptors (Lipinski definition) is 5. The molecule has 1 N–H and O–H groups in total. The van der Waals surface area contributed by atoms with Crippen molar-refractivity contribution in [3.8, 4) is 11.6 Å². The van der Waals surface area contributed by atoms with E-state index in [9.17, 15) is 14.7 Å². The Hall–Kier alpha value is -3.93. The van der Waals surface area contributed by atoms with Gasteiger partial charge in [-0.15, -0.1) is 0 Å². The predicted octanol–water partition coefficient (Wildman–Crippen LogP) is 3.83. The molecule has 0 saturated heterocycles. The van der Waals surface area contributed by atoms with Crippen molar-refractivity contribution in [3.63, 3.8) is 0 Å². The van der Waals surface area contributed by atoms with Gasteiger partial charge in [-0.1, -0.05) is 30.3 Å². The van der Waals surface area contributed by atoms with E-state index >= 15 is 0 Å². The molecule has 4 aromatic rings. The fourth-order valence-corrected chi connectivity index (χ4v) is 3.23. The highest BCUT2D eigenvalue weighted by atomic mass is 16.5.